The molecule has 1 atom stereocenters. The first-order valence-corrected chi connectivity index (χ1v) is 5.15. The van der Waals surface area contributed by atoms with Gasteiger partial charge in [0.05, 0.1) is 6.04 Å². The fourth-order valence-corrected chi connectivity index (χ4v) is 1.96. The molecule has 0 amide bonds. The molecule has 0 saturated heterocycles. The Morgan fingerprint density at radius 3 is 2.67 bits per heavy atom. The molecule has 1 aromatic heterocycles. The van der Waals surface area contributed by atoms with Gasteiger partial charge >= 0.3 is 0 Å². The zero-order valence-electron chi connectivity index (χ0n) is 7.87. The van der Waals surface area contributed by atoms with Crippen LogP contribution in [0.1, 0.15) is 37.0 Å². The third-order valence-electron chi connectivity index (χ3n) is 1.68. The van der Waals surface area contributed by atoms with Crippen LogP contribution in [0.5, 0.6) is 0 Å². The summed E-state index contributed by atoms with van der Waals surface area (Å²) in [5, 5.41) is 3.12. The minimum absolute atomic E-state index is 0.128. The molecule has 0 saturated carbocycles. The van der Waals surface area contributed by atoms with Crippen molar-refractivity contribution in [2.75, 3.05) is 0 Å². The van der Waals surface area contributed by atoms with Gasteiger partial charge in [-0.05, 0) is 19.3 Å². The molecule has 1 heterocycles. The molecule has 1 aromatic rings. The number of aromatic nitrogens is 1. The van der Waals surface area contributed by atoms with Crippen molar-refractivity contribution in [1.29, 1.82) is 0 Å². The van der Waals surface area contributed by atoms with E-state index in [2.05, 4.69) is 24.2 Å². The van der Waals surface area contributed by atoms with Gasteiger partial charge in [0, 0.05) is 11.1 Å². The average molecular weight is 184 g/mol. The molecule has 12 heavy (non-hydrogen) atoms. The van der Waals surface area contributed by atoms with Crippen LogP contribution < -0.4 is 5.73 Å². The highest BCUT2D eigenvalue weighted by molar-refractivity contribution is 7.09. The topological polar surface area (TPSA) is 38.9 Å². The normalized spacial score (nSPS) is 13.8. The van der Waals surface area contributed by atoms with Gasteiger partial charge < -0.3 is 5.73 Å². The smallest absolute Gasteiger partial charge is 0.110 e. The molecule has 0 aromatic carbocycles. The molecule has 0 bridgehead atoms. The predicted octanol–water partition coefficient (Wildman–Crippen LogP) is 2.50. The van der Waals surface area contributed by atoms with Crippen molar-refractivity contribution < 1.29 is 0 Å². The second-order valence-corrected chi connectivity index (χ2v) is 4.45. The summed E-state index contributed by atoms with van der Waals surface area (Å²) in [4.78, 5) is 4.36. The average Bonchev–Trinajstić information content (AvgIpc) is 2.34. The molecule has 0 aliphatic carbocycles. The number of aryl methyl sites for hydroxylation is 1. The second-order valence-electron chi connectivity index (χ2n) is 3.56. The highest BCUT2D eigenvalue weighted by atomic mass is 32.1. The SMILES string of the molecule is Cc1csc([C@H](N)CC(C)C)n1. The molecule has 0 aliphatic rings. The summed E-state index contributed by atoms with van der Waals surface area (Å²) in [6, 6.07) is 0.128. The van der Waals surface area contributed by atoms with Gasteiger partial charge in [0.1, 0.15) is 5.01 Å². The van der Waals surface area contributed by atoms with E-state index in [1.54, 1.807) is 11.3 Å². The fourth-order valence-electron chi connectivity index (χ4n) is 1.15. The van der Waals surface area contributed by atoms with Crippen LogP contribution in [-0.4, -0.2) is 4.98 Å². The van der Waals surface area contributed by atoms with Gasteiger partial charge in [-0.25, -0.2) is 4.98 Å². The van der Waals surface area contributed by atoms with Crippen molar-refractivity contribution in [3.05, 3.63) is 16.1 Å². The summed E-state index contributed by atoms with van der Waals surface area (Å²) in [5.74, 6) is 0.643. The van der Waals surface area contributed by atoms with Crippen LogP contribution in [0, 0.1) is 12.8 Å². The van der Waals surface area contributed by atoms with Gasteiger partial charge in [-0.3, -0.25) is 0 Å². The maximum atomic E-state index is 5.96. The van der Waals surface area contributed by atoms with Crippen LogP contribution in [-0.2, 0) is 0 Å². The minimum atomic E-state index is 0.128. The van der Waals surface area contributed by atoms with Crippen LogP contribution >= 0.6 is 11.3 Å². The molecule has 0 fully saturated rings. The Morgan fingerprint density at radius 2 is 2.25 bits per heavy atom. The molecule has 0 aliphatic heterocycles. The number of nitrogens with two attached hydrogens (primary N) is 1. The van der Waals surface area contributed by atoms with E-state index in [0.29, 0.717) is 5.92 Å². The zero-order chi connectivity index (χ0) is 9.14. The van der Waals surface area contributed by atoms with Crippen molar-refractivity contribution in [3.63, 3.8) is 0 Å². The van der Waals surface area contributed by atoms with Gasteiger partial charge in [0.25, 0.3) is 0 Å². The van der Waals surface area contributed by atoms with E-state index in [-0.39, 0.29) is 6.04 Å². The first kappa shape index (κ1) is 9.68. The molecule has 0 spiro atoms. The zero-order valence-corrected chi connectivity index (χ0v) is 8.69. The lowest BCUT2D eigenvalue weighted by Crippen LogP contribution is -2.12. The summed E-state index contributed by atoms with van der Waals surface area (Å²) in [5.41, 5.74) is 7.04. The Bertz CT molecular complexity index is 242. The van der Waals surface area contributed by atoms with Crippen LogP contribution in [0.3, 0.4) is 0 Å². The van der Waals surface area contributed by atoms with E-state index < -0.39 is 0 Å². The lowest BCUT2D eigenvalue weighted by molar-refractivity contribution is 0.508. The number of thiazole rings is 1. The largest absolute Gasteiger partial charge is 0.322 e. The van der Waals surface area contributed by atoms with Crippen LogP contribution in [0.4, 0.5) is 0 Å². The monoisotopic (exact) mass is 184 g/mol. The van der Waals surface area contributed by atoms with Gasteiger partial charge in [-0.2, -0.15) is 0 Å². The Labute approximate surface area is 77.8 Å². The van der Waals surface area contributed by atoms with Gasteiger partial charge in [-0.1, -0.05) is 13.8 Å². The van der Waals surface area contributed by atoms with E-state index >= 15 is 0 Å². The maximum absolute atomic E-state index is 5.96. The summed E-state index contributed by atoms with van der Waals surface area (Å²) in [6.45, 7) is 6.36. The van der Waals surface area contributed by atoms with E-state index in [0.717, 1.165) is 17.1 Å². The fraction of sp³-hybridized carbons (Fsp3) is 0.667. The van der Waals surface area contributed by atoms with Crippen molar-refractivity contribution in [3.8, 4) is 0 Å². The number of hydrogen-bond donors (Lipinski definition) is 1. The highest BCUT2D eigenvalue weighted by Crippen LogP contribution is 2.21. The standard InChI is InChI=1S/C9H16N2S/c1-6(2)4-8(10)9-11-7(3)5-12-9/h5-6,8H,4,10H2,1-3H3/t8-/m1/s1. The van der Waals surface area contributed by atoms with E-state index in [1.165, 1.54) is 0 Å². The van der Waals surface area contributed by atoms with Crippen molar-refractivity contribution in [2.24, 2.45) is 11.7 Å². The van der Waals surface area contributed by atoms with Crippen molar-refractivity contribution >= 4 is 11.3 Å². The van der Waals surface area contributed by atoms with Crippen LogP contribution in [0.25, 0.3) is 0 Å². The lowest BCUT2D eigenvalue weighted by Gasteiger charge is -2.10. The highest BCUT2D eigenvalue weighted by Gasteiger charge is 2.10. The van der Waals surface area contributed by atoms with Crippen LogP contribution in [0.15, 0.2) is 5.38 Å². The first-order chi connectivity index (χ1) is 5.59. The molecular formula is C9H16N2S. The van der Waals surface area contributed by atoms with E-state index in [1.807, 2.05) is 6.92 Å². The molecule has 0 unspecified atom stereocenters. The van der Waals surface area contributed by atoms with Gasteiger partial charge in [0.15, 0.2) is 0 Å². The van der Waals surface area contributed by atoms with Crippen molar-refractivity contribution in [1.82, 2.24) is 4.98 Å². The third-order valence-corrected chi connectivity index (χ3v) is 2.77. The Balaban J connectivity index is 2.58. The predicted molar refractivity (Wildman–Crippen MR) is 53.2 cm³/mol. The molecule has 2 N–H and O–H groups in total. The second kappa shape index (κ2) is 4.01. The molecule has 0 radical (unpaired) electrons. The summed E-state index contributed by atoms with van der Waals surface area (Å²) < 4.78 is 0. The summed E-state index contributed by atoms with van der Waals surface area (Å²) in [7, 11) is 0. The Hall–Kier alpha value is -0.410. The van der Waals surface area contributed by atoms with Crippen molar-refractivity contribution in [2.45, 2.75) is 33.2 Å². The number of hydrogen-bond acceptors (Lipinski definition) is 3. The number of rotatable bonds is 3. The van der Waals surface area contributed by atoms with Gasteiger partial charge in [-0.15, -0.1) is 11.3 Å². The molecule has 1 rings (SSSR count). The third kappa shape index (κ3) is 2.57. The maximum Gasteiger partial charge on any atom is 0.110 e. The Kier molecular flexibility index (Phi) is 3.23. The summed E-state index contributed by atoms with van der Waals surface area (Å²) >= 11 is 1.66. The molecule has 2 nitrogen and oxygen atoms in total. The van der Waals surface area contributed by atoms with E-state index in [9.17, 15) is 0 Å². The quantitative estimate of drug-likeness (QED) is 0.784. The number of nitrogens with zero attached hydrogens (tertiary/aromatic N) is 1. The molecule has 68 valence electrons. The first-order valence-electron chi connectivity index (χ1n) is 4.27. The Morgan fingerprint density at radius 1 is 1.58 bits per heavy atom. The minimum Gasteiger partial charge on any atom is -0.322 e. The van der Waals surface area contributed by atoms with Crippen LogP contribution in [0.2, 0.25) is 0 Å². The summed E-state index contributed by atoms with van der Waals surface area (Å²) in [6.07, 6.45) is 1.02. The lowest BCUT2D eigenvalue weighted by atomic mass is 10.1. The molecular weight excluding hydrogens is 168 g/mol. The van der Waals surface area contributed by atoms with E-state index in [4.69, 9.17) is 5.73 Å². The molecule has 3 heteroatoms. The van der Waals surface area contributed by atoms with Gasteiger partial charge in [0.2, 0.25) is 0 Å².